The van der Waals surface area contributed by atoms with Gasteiger partial charge in [-0.2, -0.15) is 0 Å². The molecule has 20 heavy (non-hydrogen) atoms. The predicted molar refractivity (Wildman–Crippen MR) is 83.0 cm³/mol. The summed E-state index contributed by atoms with van der Waals surface area (Å²) in [7, 11) is 0. The van der Waals surface area contributed by atoms with Gasteiger partial charge in [-0.25, -0.2) is 0 Å². The van der Waals surface area contributed by atoms with E-state index in [-0.39, 0.29) is 0 Å². The standard InChI is InChI=1S/C17H32O3/c1-2-16(18)14-12-10-8-6-4-3-5-7-9-11-13-15-17(19)20/h2-15H2,1H3,(H,19,20). The summed E-state index contributed by atoms with van der Waals surface area (Å²) in [5, 5.41) is 8.50. The van der Waals surface area contributed by atoms with Gasteiger partial charge >= 0.3 is 5.97 Å². The van der Waals surface area contributed by atoms with Gasteiger partial charge in [0.15, 0.2) is 0 Å². The molecule has 3 nitrogen and oxygen atoms in total. The number of hydrogen-bond donors (Lipinski definition) is 1. The van der Waals surface area contributed by atoms with Crippen LogP contribution in [0.1, 0.15) is 96.8 Å². The van der Waals surface area contributed by atoms with Crippen LogP contribution in [0.3, 0.4) is 0 Å². The second kappa shape index (κ2) is 14.5. The van der Waals surface area contributed by atoms with Gasteiger partial charge in [0, 0.05) is 19.3 Å². The zero-order chi connectivity index (χ0) is 15.1. The van der Waals surface area contributed by atoms with E-state index in [0.29, 0.717) is 18.6 Å². The number of rotatable bonds is 15. The number of aliphatic carboxylic acids is 1. The molecule has 0 amide bonds. The van der Waals surface area contributed by atoms with E-state index in [1.807, 2.05) is 6.92 Å². The summed E-state index contributed by atoms with van der Waals surface area (Å²) in [6, 6.07) is 0. The lowest BCUT2D eigenvalue weighted by Crippen LogP contribution is -1.94. The molecule has 1 N–H and O–H groups in total. The minimum Gasteiger partial charge on any atom is -0.481 e. The highest BCUT2D eigenvalue weighted by atomic mass is 16.4. The van der Waals surface area contributed by atoms with Crippen LogP contribution in [0.4, 0.5) is 0 Å². The molecule has 0 aromatic heterocycles. The number of hydrogen-bond acceptors (Lipinski definition) is 2. The normalized spacial score (nSPS) is 10.7. The zero-order valence-corrected chi connectivity index (χ0v) is 13.2. The molecule has 0 aliphatic carbocycles. The first kappa shape index (κ1) is 19.1. The number of Topliss-reactive ketones (excluding diaryl/α,β-unsaturated/α-hetero) is 1. The number of carboxylic acid groups (broad SMARTS) is 1. The van der Waals surface area contributed by atoms with Gasteiger partial charge in [-0.15, -0.1) is 0 Å². The van der Waals surface area contributed by atoms with E-state index in [9.17, 15) is 9.59 Å². The lowest BCUT2D eigenvalue weighted by Gasteiger charge is -2.02. The van der Waals surface area contributed by atoms with Crippen LogP contribution in [0, 0.1) is 0 Å². The Morgan fingerprint density at radius 1 is 0.650 bits per heavy atom. The van der Waals surface area contributed by atoms with Gasteiger partial charge in [-0.3, -0.25) is 9.59 Å². The summed E-state index contributed by atoms with van der Waals surface area (Å²) in [4.78, 5) is 21.4. The highest BCUT2D eigenvalue weighted by molar-refractivity contribution is 5.77. The Morgan fingerprint density at radius 3 is 1.35 bits per heavy atom. The van der Waals surface area contributed by atoms with Crippen molar-refractivity contribution in [1.82, 2.24) is 0 Å². The van der Waals surface area contributed by atoms with Gasteiger partial charge in [-0.1, -0.05) is 64.7 Å². The number of carbonyl (C=O) groups is 2. The summed E-state index contributed by atoms with van der Waals surface area (Å²) < 4.78 is 0. The fraction of sp³-hybridized carbons (Fsp3) is 0.882. The van der Waals surface area contributed by atoms with E-state index in [1.54, 1.807) is 0 Å². The van der Waals surface area contributed by atoms with Crippen LogP contribution >= 0.6 is 0 Å². The number of ketones is 1. The molecule has 0 aromatic carbocycles. The van der Waals surface area contributed by atoms with Gasteiger partial charge in [0.25, 0.3) is 0 Å². The van der Waals surface area contributed by atoms with Crippen LogP contribution in [0.15, 0.2) is 0 Å². The maximum Gasteiger partial charge on any atom is 0.303 e. The molecule has 0 radical (unpaired) electrons. The SMILES string of the molecule is CCC(=O)CCCCCCCCCCCCCC(=O)O. The molecule has 118 valence electrons. The average molecular weight is 284 g/mol. The molecule has 0 atom stereocenters. The molecular formula is C17H32O3. The van der Waals surface area contributed by atoms with Crippen molar-refractivity contribution < 1.29 is 14.7 Å². The van der Waals surface area contributed by atoms with Crippen molar-refractivity contribution in [2.45, 2.75) is 96.8 Å². The summed E-state index contributed by atoms with van der Waals surface area (Å²) in [5.74, 6) is -0.279. The first-order valence-corrected chi connectivity index (χ1v) is 8.40. The maximum absolute atomic E-state index is 11.1. The van der Waals surface area contributed by atoms with Crippen molar-refractivity contribution in [3.05, 3.63) is 0 Å². The van der Waals surface area contributed by atoms with Crippen molar-refractivity contribution in [2.24, 2.45) is 0 Å². The van der Waals surface area contributed by atoms with Crippen LogP contribution in [0.25, 0.3) is 0 Å². The fourth-order valence-electron chi connectivity index (χ4n) is 2.37. The summed E-state index contributed by atoms with van der Waals surface area (Å²) >= 11 is 0. The molecule has 0 fully saturated rings. The van der Waals surface area contributed by atoms with Gasteiger partial charge in [0.2, 0.25) is 0 Å². The molecule has 0 saturated heterocycles. The average Bonchev–Trinajstić information content (AvgIpc) is 2.43. The fourth-order valence-corrected chi connectivity index (χ4v) is 2.37. The molecule has 0 unspecified atom stereocenters. The third-order valence-electron chi connectivity index (χ3n) is 3.74. The van der Waals surface area contributed by atoms with Gasteiger partial charge in [-0.05, 0) is 12.8 Å². The Labute approximate surface area is 124 Å². The smallest absolute Gasteiger partial charge is 0.303 e. The van der Waals surface area contributed by atoms with Crippen LogP contribution in [-0.2, 0) is 9.59 Å². The second-order valence-corrected chi connectivity index (χ2v) is 5.68. The molecule has 0 aliphatic rings. The first-order valence-electron chi connectivity index (χ1n) is 8.40. The summed E-state index contributed by atoms with van der Waals surface area (Å²) in [6.45, 7) is 1.93. The summed E-state index contributed by atoms with van der Waals surface area (Å²) in [5.41, 5.74) is 0. The van der Waals surface area contributed by atoms with Crippen molar-refractivity contribution in [3.63, 3.8) is 0 Å². The van der Waals surface area contributed by atoms with Crippen LogP contribution in [0.2, 0.25) is 0 Å². The Balaban J connectivity index is 3.03. The predicted octanol–water partition coefficient (Wildman–Crippen LogP) is 5.12. The van der Waals surface area contributed by atoms with Crippen LogP contribution < -0.4 is 0 Å². The van der Waals surface area contributed by atoms with E-state index < -0.39 is 5.97 Å². The molecule has 0 aliphatic heterocycles. The van der Waals surface area contributed by atoms with Crippen LogP contribution in [0.5, 0.6) is 0 Å². The van der Waals surface area contributed by atoms with Gasteiger partial charge < -0.3 is 5.11 Å². The van der Waals surface area contributed by atoms with Gasteiger partial charge in [0.05, 0.1) is 0 Å². The highest BCUT2D eigenvalue weighted by Crippen LogP contribution is 2.12. The minimum absolute atomic E-state index is 0.320. The zero-order valence-electron chi connectivity index (χ0n) is 13.2. The number of carbonyl (C=O) groups excluding carboxylic acids is 1. The van der Waals surface area contributed by atoms with E-state index in [1.165, 1.54) is 51.4 Å². The molecule has 0 spiro atoms. The first-order chi connectivity index (χ1) is 9.66. The Bertz CT molecular complexity index is 249. The van der Waals surface area contributed by atoms with Gasteiger partial charge in [0.1, 0.15) is 5.78 Å². The third kappa shape index (κ3) is 15.2. The Hall–Kier alpha value is -0.860. The largest absolute Gasteiger partial charge is 0.481 e. The maximum atomic E-state index is 11.1. The van der Waals surface area contributed by atoms with Crippen molar-refractivity contribution in [2.75, 3.05) is 0 Å². The van der Waals surface area contributed by atoms with Crippen molar-refractivity contribution in [3.8, 4) is 0 Å². The van der Waals surface area contributed by atoms with E-state index in [4.69, 9.17) is 5.11 Å². The minimum atomic E-state index is -0.675. The van der Waals surface area contributed by atoms with E-state index in [0.717, 1.165) is 25.7 Å². The van der Waals surface area contributed by atoms with Crippen molar-refractivity contribution in [1.29, 1.82) is 0 Å². The quantitative estimate of drug-likeness (QED) is 0.424. The molecule has 3 heteroatoms. The summed E-state index contributed by atoms with van der Waals surface area (Å²) in [6.07, 6.45) is 14.8. The number of unbranched alkanes of at least 4 members (excludes halogenated alkanes) is 10. The molecular weight excluding hydrogens is 252 g/mol. The topological polar surface area (TPSA) is 54.4 Å². The van der Waals surface area contributed by atoms with E-state index in [2.05, 4.69) is 0 Å². The lowest BCUT2D eigenvalue weighted by molar-refractivity contribution is -0.137. The van der Waals surface area contributed by atoms with Crippen LogP contribution in [-0.4, -0.2) is 16.9 Å². The van der Waals surface area contributed by atoms with Crippen molar-refractivity contribution >= 4 is 11.8 Å². The highest BCUT2D eigenvalue weighted by Gasteiger charge is 1.98. The van der Waals surface area contributed by atoms with E-state index >= 15 is 0 Å². The number of carboxylic acids is 1. The third-order valence-corrected chi connectivity index (χ3v) is 3.74. The lowest BCUT2D eigenvalue weighted by atomic mass is 10.0. The molecule has 0 rings (SSSR count). The molecule has 0 saturated carbocycles. The molecule has 0 bridgehead atoms. The Kier molecular flexibility index (Phi) is 13.9. The second-order valence-electron chi connectivity index (χ2n) is 5.68. The Morgan fingerprint density at radius 2 is 1.00 bits per heavy atom. The molecule has 0 heterocycles. The molecule has 0 aromatic rings. The monoisotopic (exact) mass is 284 g/mol.